The summed E-state index contributed by atoms with van der Waals surface area (Å²) in [4.78, 5) is 8.22. The van der Waals surface area contributed by atoms with Crippen molar-refractivity contribution >= 4 is 5.95 Å². The average Bonchev–Trinajstić information content (AvgIpc) is 2.77. The molecule has 0 spiro atoms. The van der Waals surface area contributed by atoms with Gasteiger partial charge >= 0.3 is 6.18 Å². The van der Waals surface area contributed by atoms with Crippen LogP contribution in [0.3, 0.4) is 0 Å². The van der Waals surface area contributed by atoms with Gasteiger partial charge in [-0.2, -0.15) is 18.2 Å². The smallest absolute Gasteiger partial charge is 0.336 e. The number of rotatable bonds is 4. The van der Waals surface area contributed by atoms with Crippen molar-refractivity contribution in [3.8, 4) is 0 Å². The average molecular weight is 279 g/mol. The first-order valence-corrected chi connectivity index (χ1v) is 5.97. The van der Waals surface area contributed by atoms with E-state index in [9.17, 15) is 13.2 Å². The molecule has 1 aromatic heterocycles. The van der Waals surface area contributed by atoms with Crippen molar-refractivity contribution in [3.05, 3.63) is 5.89 Å². The standard InChI is InChI=1S/C10H16F3N5O/c1-17-2-4-18(5-3-17)9-15-8(19-16-9)6-14-7-10(11,12)13/h14H,2-7H2,1H3. The second-order valence-corrected chi connectivity index (χ2v) is 4.50. The number of halogens is 3. The maximum absolute atomic E-state index is 11.9. The molecule has 1 N–H and O–H groups in total. The summed E-state index contributed by atoms with van der Waals surface area (Å²) in [6, 6.07) is 0. The van der Waals surface area contributed by atoms with Crippen LogP contribution < -0.4 is 10.2 Å². The molecule has 1 aromatic rings. The molecule has 0 unspecified atom stereocenters. The second-order valence-electron chi connectivity index (χ2n) is 4.50. The number of nitrogens with one attached hydrogen (secondary N) is 1. The van der Waals surface area contributed by atoms with Crippen LogP contribution in [0.15, 0.2) is 4.52 Å². The van der Waals surface area contributed by atoms with Crippen molar-refractivity contribution < 1.29 is 17.7 Å². The topological polar surface area (TPSA) is 57.4 Å². The second kappa shape index (κ2) is 5.74. The molecule has 0 bridgehead atoms. The van der Waals surface area contributed by atoms with Gasteiger partial charge in [-0.05, 0) is 12.2 Å². The largest absolute Gasteiger partial charge is 0.401 e. The molecular weight excluding hydrogens is 263 g/mol. The molecule has 0 aliphatic carbocycles. The fourth-order valence-electron chi connectivity index (χ4n) is 1.76. The summed E-state index contributed by atoms with van der Waals surface area (Å²) in [7, 11) is 2.03. The minimum absolute atomic E-state index is 0.0831. The van der Waals surface area contributed by atoms with Gasteiger partial charge in [-0.1, -0.05) is 0 Å². The number of hydrogen-bond acceptors (Lipinski definition) is 6. The zero-order valence-corrected chi connectivity index (χ0v) is 10.6. The first kappa shape index (κ1) is 14.1. The number of alkyl halides is 3. The number of aromatic nitrogens is 2. The molecule has 1 aliphatic heterocycles. The highest BCUT2D eigenvalue weighted by atomic mass is 19.4. The van der Waals surface area contributed by atoms with Gasteiger partial charge in [-0.25, -0.2) is 0 Å². The Labute approximate surface area is 108 Å². The summed E-state index contributed by atoms with van der Waals surface area (Å²) in [6.07, 6.45) is -4.24. The predicted molar refractivity (Wildman–Crippen MR) is 61.8 cm³/mol. The third kappa shape index (κ3) is 4.35. The lowest BCUT2D eigenvalue weighted by molar-refractivity contribution is -0.125. The van der Waals surface area contributed by atoms with Gasteiger partial charge in [0.25, 0.3) is 5.95 Å². The van der Waals surface area contributed by atoms with E-state index in [1.165, 1.54) is 0 Å². The van der Waals surface area contributed by atoms with E-state index in [4.69, 9.17) is 4.52 Å². The number of anilines is 1. The monoisotopic (exact) mass is 279 g/mol. The Hall–Kier alpha value is -1.35. The van der Waals surface area contributed by atoms with Gasteiger partial charge in [0.15, 0.2) is 0 Å². The van der Waals surface area contributed by atoms with Gasteiger partial charge in [0.1, 0.15) is 0 Å². The van der Waals surface area contributed by atoms with E-state index in [0.29, 0.717) is 5.95 Å². The first-order chi connectivity index (χ1) is 8.94. The van der Waals surface area contributed by atoms with Crippen molar-refractivity contribution in [3.63, 3.8) is 0 Å². The lowest BCUT2D eigenvalue weighted by Crippen LogP contribution is -2.44. The van der Waals surface area contributed by atoms with Crippen LogP contribution in [0.2, 0.25) is 0 Å². The quantitative estimate of drug-likeness (QED) is 0.865. The molecule has 1 aliphatic rings. The van der Waals surface area contributed by atoms with Crippen molar-refractivity contribution in [2.24, 2.45) is 0 Å². The summed E-state index contributed by atoms with van der Waals surface area (Å²) >= 11 is 0. The Kier molecular flexibility index (Phi) is 4.25. The summed E-state index contributed by atoms with van der Waals surface area (Å²) in [6.45, 7) is 2.21. The number of nitrogens with zero attached hydrogens (tertiary/aromatic N) is 4. The molecule has 0 radical (unpaired) electrons. The van der Waals surface area contributed by atoms with E-state index < -0.39 is 12.7 Å². The van der Waals surface area contributed by atoms with Crippen LogP contribution in [0.25, 0.3) is 0 Å². The summed E-state index contributed by atoms with van der Waals surface area (Å²) in [5.74, 6) is 0.607. The lowest BCUT2D eigenvalue weighted by atomic mass is 10.3. The fourth-order valence-corrected chi connectivity index (χ4v) is 1.76. The van der Waals surface area contributed by atoms with Crippen molar-refractivity contribution in [2.45, 2.75) is 12.7 Å². The third-order valence-corrected chi connectivity index (χ3v) is 2.85. The Balaban J connectivity index is 1.82. The van der Waals surface area contributed by atoms with Gasteiger partial charge in [0.2, 0.25) is 5.89 Å². The fraction of sp³-hybridized carbons (Fsp3) is 0.800. The molecule has 6 nitrogen and oxygen atoms in total. The maximum Gasteiger partial charge on any atom is 0.401 e. The highest BCUT2D eigenvalue weighted by Gasteiger charge is 2.26. The molecular formula is C10H16F3N5O. The number of piperazine rings is 1. The third-order valence-electron chi connectivity index (χ3n) is 2.85. The van der Waals surface area contributed by atoms with E-state index in [2.05, 4.69) is 20.4 Å². The number of hydrogen-bond donors (Lipinski definition) is 1. The Bertz CT molecular complexity index is 400. The zero-order chi connectivity index (χ0) is 13.9. The van der Waals surface area contributed by atoms with Crippen molar-refractivity contribution in [1.29, 1.82) is 0 Å². The summed E-state index contributed by atoms with van der Waals surface area (Å²) in [5, 5.41) is 6.00. The van der Waals surface area contributed by atoms with Crippen LogP contribution in [-0.2, 0) is 6.54 Å². The van der Waals surface area contributed by atoms with E-state index in [1.807, 2.05) is 11.9 Å². The Morgan fingerprint density at radius 2 is 1.95 bits per heavy atom. The van der Waals surface area contributed by atoms with Crippen molar-refractivity contribution in [2.75, 3.05) is 44.7 Å². The molecule has 19 heavy (non-hydrogen) atoms. The molecule has 1 fully saturated rings. The highest BCUT2D eigenvalue weighted by molar-refractivity contribution is 5.28. The molecule has 0 saturated carbocycles. The molecule has 9 heteroatoms. The number of likely N-dealkylation sites (N-methyl/N-ethyl adjacent to an activating group) is 1. The molecule has 2 rings (SSSR count). The van der Waals surface area contributed by atoms with Crippen LogP contribution in [-0.4, -0.2) is 61.0 Å². The molecule has 0 aromatic carbocycles. The first-order valence-electron chi connectivity index (χ1n) is 5.97. The van der Waals surface area contributed by atoms with E-state index in [1.54, 1.807) is 0 Å². The van der Waals surface area contributed by atoms with Crippen LogP contribution in [0.5, 0.6) is 0 Å². The molecule has 2 heterocycles. The minimum atomic E-state index is -4.24. The van der Waals surface area contributed by atoms with Crippen LogP contribution in [0.1, 0.15) is 5.89 Å². The van der Waals surface area contributed by atoms with Gasteiger partial charge in [-0.3, -0.25) is 0 Å². The SMILES string of the molecule is CN1CCN(c2noc(CNCC(F)(F)F)n2)CC1. The van der Waals surface area contributed by atoms with E-state index in [-0.39, 0.29) is 12.4 Å². The molecule has 0 amide bonds. The molecule has 108 valence electrons. The summed E-state index contributed by atoms with van der Waals surface area (Å²) in [5.41, 5.74) is 0. The van der Waals surface area contributed by atoms with Gasteiger partial charge in [0, 0.05) is 26.2 Å². The summed E-state index contributed by atoms with van der Waals surface area (Å²) < 4.78 is 40.8. The predicted octanol–water partition coefficient (Wildman–Crippen LogP) is 0.473. The van der Waals surface area contributed by atoms with Crippen LogP contribution >= 0.6 is 0 Å². The lowest BCUT2D eigenvalue weighted by Gasteiger charge is -2.31. The van der Waals surface area contributed by atoms with Gasteiger partial charge < -0.3 is 19.6 Å². The molecule has 0 atom stereocenters. The molecule has 1 saturated heterocycles. The Morgan fingerprint density at radius 1 is 1.26 bits per heavy atom. The van der Waals surface area contributed by atoms with Gasteiger partial charge in [-0.15, -0.1) is 0 Å². The van der Waals surface area contributed by atoms with E-state index in [0.717, 1.165) is 26.2 Å². The van der Waals surface area contributed by atoms with E-state index >= 15 is 0 Å². The van der Waals surface area contributed by atoms with Crippen LogP contribution in [0.4, 0.5) is 19.1 Å². The van der Waals surface area contributed by atoms with Gasteiger partial charge in [0.05, 0.1) is 13.1 Å². The zero-order valence-electron chi connectivity index (χ0n) is 10.6. The normalized spacial score (nSPS) is 18.0. The Morgan fingerprint density at radius 3 is 2.58 bits per heavy atom. The van der Waals surface area contributed by atoms with Crippen LogP contribution in [0, 0.1) is 0 Å². The maximum atomic E-state index is 11.9. The minimum Gasteiger partial charge on any atom is -0.336 e. The highest BCUT2D eigenvalue weighted by Crippen LogP contribution is 2.14. The van der Waals surface area contributed by atoms with Crippen molar-refractivity contribution in [1.82, 2.24) is 20.4 Å².